The molecule has 0 amide bonds. The average molecular weight is 499 g/mol. The molecule has 0 saturated carbocycles. The Morgan fingerprint density at radius 1 is 1.04 bits per heavy atom. The third-order valence-corrected chi connectivity index (χ3v) is 5.76. The molecule has 150 valence electrons. The summed E-state index contributed by atoms with van der Waals surface area (Å²) in [4.78, 5) is 4.68. The summed E-state index contributed by atoms with van der Waals surface area (Å²) in [5, 5.41) is 9.02. The first-order valence-electron chi connectivity index (χ1n) is 8.61. The van der Waals surface area contributed by atoms with Gasteiger partial charge >= 0.3 is 0 Å². The molecule has 0 radical (unpaired) electrons. The molecule has 1 aromatic rings. The SMILES string of the molecule is CCC1/C=C(C(Cl)(Cl)Cl)\N=C(\c2ccc(C#N)cc2)CC/C(C)=C/1C(Cl)(Cl)Cl. The van der Waals surface area contributed by atoms with E-state index in [9.17, 15) is 0 Å². The van der Waals surface area contributed by atoms with Gasteiger partial charge in [-0.25, -0.2) is 0 Å². The van der Waals surface area contributed by atoms with Crippen LogP contribution in [0.2, 0.25) is 0 Å². The Hall–Kier alpha value is -0.400. The van der Waals surface area contributed by atoms with E-state index in [1.165, 1.54) is 0 Å². The molecule has 2 rings (SSSR count). The summed E-state index contributed by atoms with van der Waals surface area (Å²) in [5.74, 6) is -0.234. The number of rotatable bonds is 2. The minimum atomic E-state index is -1.73. The van der Waals surface area contributed by atoms with E-state index < -0.39 is 7.59 Å². The van der Waals surface area contributed by atoms with Crippen LogP contribution in [-0.2, 0) is 0 Å². The zero-order chi connectivity index (χ0) is 21.1. The van der Waals surface area contributed by atoms with Gasteiger partial charge in [-0.05, 0) is 49.5 Å². The van der Waals surface area contributed by atoms with Crippen molar-refractivity contribution in [1.29, 1.82) is 5.26 Å². The summed E-state index contributed by atoms with van der Waals surface area (Å²) in [6, 6.07) is 9.22. The summed E-state index contributed by atoms with van der Waals surface area (Å²) >= 11 is 37.5. The van der Waals surface area contributed by atoms with Crippen molar-refractivity contribution in [1.82, 2.24) is 0 Å². The number of benzene rings is 1. The summed E-state index contributed by atoms with van der Waals surface area (Å²) in [5.41, 5.74) is 4.08. The van der Waals surface area contributed by atoms with E-state index in [2.05, 4.69) is 11.1 Å². The van der Waals surface area contributed by atoms with E-state index in [-0.39, 0.29) is 11.6 Å². The van der Waals surface area contributed by atoms with E-state index in [4.69, 9.17) is 74.9 Å². The first kappa shape index (κ1) is 23.9. The van der Waals surface area contributed by atoms with Gasteiger partial charge in [0.2, 0.25) is 7.59 Å². The van der Waals surface area contributed by atoms with E-state index in [0.29, 0.717) is 30.4 Å². The number of aliphatic imine (C=N–C) groups is 1. The fourth-order valence-electron chi connectivity index (χ4n) is 3.15. The second-order valence-electron chi connectivity index (χ2n) is 6.50. The van der Waals surface area contributed by atoms with Crippen LogP contribution in [0.3, 0.4) is 0 Å². The van der Waals surface area contributed by atoms with Gasteiger partial charge in [-0.15, -0.1) is 0 Å². The van der Waals surface area contributed by atoms with Crippen LogP contribution in [0, 0.1) is 17.2 Å². The van der Waals surface area contributed by atoms with Crippen LogP contribution in [0.15, 0.2) is 52.2 Å². The molecule has 0 spiro atoms. The second kappa shape index (κ2) is 9.61. The maximum atomic E-state index is 9.02. The van der Waals surface area contributed by atoms with Crippen molar-refractivity contribution in [2.45, 2.75) is 40.7 Å². The zero-order valence-corrected chi connectivity index (χ0v) is 19.8. The molecule has 1 atom stereocenters. The lowest BCUT2D eigenvalue weighted by Gasteiger charge is -2.26. The van der Waals surface area contributed by atoms with Crippen LogP contribution in [0.4, 0.5) is 0 Å². The molecular formula is C20H18Cl6N2. The Balaban J connectivity index is 2.66. The predicted octanol–water partition coefficient (Wildman–Crippen LogP) is 8.11. The maximum Gasteiger partial charge on any atom is 0.232 e. The standard InChI is InChI=1S/C20H18Cl6N2/c1-3-14-10-17(19(21,22)23)28-16(15-7-5-13(11-27)6-8-15)9-4-12(2)18(14)20(24,25)26/h5-8,10,14H,3-4,9H2,1-2H3/b17-10-,18-12-,28-16+. The van der Waals surface area contributed by atoms with Gasteiger partial charge in [0.25, 0.3) is 0 Å². The van der Waals surface area contributed by atoms with Crippen molar-refractivity contribution in [3.05, 3.63) is 58.3 Å². The van der Waals surface area contributed by atoms with Gasteiger partial charge in [0, 0.05) is 11.6 Å². The van der Waals surface area contributed by atoms with Crippen molar-refractivity contribution >= 4 is 75.3 Å². The van der Waals surface area contributed by atoms with E-state index in [1.54, 1.807) is 18.2 Å². The molecule has 0 fully saturated rings. The Kier molecular flexibility index (Phi) is 8.19. The Labute approximate surface area is 195 Å². The lowest BCUT2D eigenvalue weighted by Crippen LogP contribution is -2.19. The topological polar surface area (TPSA) is 36.1 Å². The summed E-state index contributed by atoms with van der Waals surface area (Å²) < 4.78 is -3.30. The molecule has 1 aliphatic rings. The van der Waals surface area contributed by atoms with Gasteiger partial charge in [-0.1, -0.05) is 100 Å². The number of halogens is 6. The molecule has 0 N–H and O–H groups in total. The third-order valence-electron chi connectivity index (χ3n) is 4.56. The van der Waals surface area contributed by atoms with Crippen LogP contribution in [-0.4, -0.2) is 13.3 Å². The molecule has 1 heterocycles. The van der Waals surface area contributed by atoms with E-state index in [1.807, 2.05) is 26.0 Å². The van der Waals surface area contributed by atoms with Gasteiger partial charge < -0.3 is 0 Å². The quantitative estimate of drug-likeness (QED) is 0.299. The van der Waals surface area contributed by atoms with Gasteiger partial charge in [-0.2, -0.15) is 5.26 Å². The smallest absolute Gasteiger partial charge is 0.232 e. The number of hydrogen-bond donors (Lipinski definition) is 0. The largest absolute Gasteiger partial charge is 0.253 e. The van der Waals surface area contributed by atoms with Crippen molar-refractivity contribution in [3.63, 3.8) is 0 Å². The van der Waals surface area contributed by atoms with Crippen LogP contribution in [0.5, 0.6) is 0 Å². The Morgan fingerprint density at radius 3 is 2.11 bits per heavy atom. The van der Waals surface area contributed by atoms with Crippen LogP contribution < -0.4 is 0 Å². The molecule has 1 unspecified atom stereocenters. The molecule has 1 aliphatic heterocycles. The minimum Gasteiger partial charge on any atom is -0.253 e. The molecule has 8 heteroatoms. The maximum absolute atomic E-state index is 9.02. The highest BCUT2D eigenvalue weighted by molar-refractivity contribution is 6.70. The Bertz CT molecular complexity index is 849. The van der Waals surface area contributed by atoms with Crippen molar-refractivity contribution < 1.29 is 0 Å². The number of allylic oxidation sites excluding steroid dienone is 4. The summed E-state index contributed by atoms with van der Waals surface area (Å²) in [7, 11) is 0. The first-order valence-corrected chi connectivity index (χ1v) is 10.9. The van der Waals surface area contributed by atoms with Gasteiger partial charge in [0.05, 0.1) is 17.3 Å². The fourth-order valence-corrected chi connectivity index (χ4v) is 4.37. The Morgan fingerprint density at radius 2 is 1.64 bits per heavy atom. The lowest BCUT2D eigenvalue weighted by molar-refractivity contribution is 0.689. The monoisotopic (exact) mass is 496 g/mol. The van der Waals surface area contributed by atoms with Crippen molar-refractivity contribution in [2.24, 2.45) is 10.9 Å². The zero-order valence-electron chi connectivity index (χ0n) is 15.2. The van der Waals surface area contributed by atoms with Crippen LogP contribution >= 0.6 is 69.6 Å². The normalized spacial score (nSPS) is 25.5. The summed E-state index contributed by atoms with van der Waals surface area (Å²) in [6.45, 7) is 3.93. The number of alkyl halides is 6. The van der Waals surface area contributed by atoms with Crippen molar-refractivity contribution in [3.8, 4) is 6.07 Å². The van der Waals surface area contributed by atoms with Crippen LogP contribution in [0.1, 0.15) is 44.2 Å². The predicted molar refractivity (Wildman–Crippen MR) is 122 cm³/mol. The van der Waals surface area contributed by atoms with E-state index >= 15 is 0 Å². The highest BCUT2D eigenvalue weighted by Crippen LogP contribution is 2.46. The highest BCUT2D eigenvalue weighted by Gasteiger charge is 2.35. The molecule has 1 aromatic carbocycles. The van der Waals surface area contributed by atoms with Gasteiger partial charge in [0.15, 0.2) is 0 Å². The van der Waals surface area contributed by atoms with Crippen molar-refractivity contribution in [2.75, 3.05) is 0 Å². The molecule has 0 bridgehead atoms. The molecular weight excluding hydrogens is 481 g/mol. The van der Waals surface area contributed by atoms with Gasteiger partial charge in [-0.3, -0.25) is 4.99 Å². The minimum absolute atomic E-state index is 0.234. The number of nitriles is 1. The lowest BCUT2D eigenvalue weighted by atomic mass is 9.90. The third kappa shape index (κ3) is 6.05. The first-order chi connectivity index (χ1) is 13.0. The van der Waals surface area contributed by atoms with Gasteiger partial charge in [0.1, 0.15) is 0 Å². The fraction of sp³-hybridized carbons (Fsp3) is 0.400. The average Bonchev–Trinajstić information content (AvgIpc) is 2.68. The molecule has 0 saturated heterocycles. The number of hydrogen-bond acceptors (Lipinski definition) is 2. The molecule has 0 aromatic heterocycles. The number of nitrogens with zero attached hydrogens (tertiary/aromatic N) is 2. The van der Waals surface area contributed by atoms with Crippen LogP contribution in [0.25, 0.3) is 0 Å². The summed E-state index contributed by atoms with van der Waals surface area (Å²) in [6.07, 6.45) is 3.63. The van der Waals surface area contributed by atoms with E-state index in [0.717, 1.165) is 16.8 Å². The second-order valence-corrected chi connectivity index (χ2v) is 11.1. The molecule has 2 nitrogen and oxygen atoms in total. The highest BCUT2D eigenvalue weighted by atomic mass is 35.6. The molecule has 28 heavy (non-hydrogen) atoms. The molecule has 0 aliphatic carbocycles.